The van der Waals surface area contributed by atoms with Crippen molar-refractivity contribution in [1.82, 2.24) is 10.3 Å². The van der Waals surface area contributed by atoms with E-state index in [1.54, 1.807) is 0 Å². The van der Waals surface area contributed by atoms with Gasteiger partial charge in [-0.25, -0.2) is 14.6 Å². The lowest BCUT2D eigenvalue weighted by Crippen LogP contribution is -2.46. The lowest BCUT2D eigenvalue weighted by Gasteiger charge is -2.34. The number of piperidine rings is 1. The third kappa shape index (κ3) is 6.42. The summed E-state index contributed by atoms with van der Waals surface area (Å²) in [6, 6.07) is 12.4. The smallest absolute Gasteiger partial charge is 0.407 e. The van der Waals surface area contributed by atoms with Gasteiger partial charge in [-0.15, -0.1) is 11.8 Å². The van der Waals surface area contributed by atoms with Crippen LogP contribution >= 0.6 is 11.8 Å². The molecule has 1 saturated heterocycles. The van der Waals surface area contributed by atoms with Crippen LogP contribution in [-0.4, -0.2) is 35.8 Å². The highest BCUT2D eigenvalue weighted by molar-refractivity contribution is 7.98. The molecule has 0 unspecified atom stereocenters. The minimum absolute atomic E-state index is 0.0124. The first kappa shape index (κ1) is 25.4. The van der Waals surface area contributed by atoms with Gasteiger partial charge in [0.1, 0.15) is 22.5 Å². The summed E-state index contributed by atoms with van der Waals surface area (Å²) >= 11 is 1.53. The molecule has 1 aliphatic heterocycles. The van der Waals surface area contributed by atoms with Crippen molar-refractivity contribution >= 4 is 29.4 Å². The molecule has 2 aromatic rings. The number of nitrogens with zero attached hydrogens (tertiary/aromatic N) is 4. The third-order valence-corrected chi connectivity index (χ3v) is 6.58. The van der Waals surface area contributed by atoms with E-state index in [9.17, 15) is 10.1 Å². The Labute approximate surface area is 206 Å². The highest BCUT2D eigenvalue weighted by Gasteiger charge is 2.28. The Morgan fingerprint density at radius 2 is 2.00 bits per heavy atom. The second-order valence-corrected chi connectivity index (χ2v) is 10.2. The van der Waals surface area contributed by atoms with E-state index in [2.05, 4.69) is 33.3 Å². The maximum atomic E-state index is 12.1. The van der Waals surface area contributed by atoms with Crippen LogP contribution in [0.2, 0.25) is 0 Å². The lowest BCUT2D eigenvalue weighted by molar-refractivity contribution is 0.0497. The van der Waals surface area contributed by atoms with Gasteiger partial charge in [0.2, 0.25) is 5.69 Å². The van der Waals surface area contributed by atoms with Crippen molar-refractivity contribution in [3.05, 3.63) is 58.4 Å². The third-order valence-electron chi connectivity index (χ3n) is 5.53. The lowest BCUT2D eigenvalue weighted by atomic mass is 10.0. The summed E-state index contributed by atoms with van der Waals surface area (Å²) in [5.41, 5.74) is 2.33. The number of aromatic nitrogens is 1. The number of anilines is 1. The molecule has 1 aromatic carbocycles. The predicted molar refractivity (Wildman–Crippen MR) is 135 cm³/mol. The summed E-state index contributed by atoms with van der Waals surface area (Å²) in [7, 11) is 0. The molecule has 1 aromatic heterocycles. The van der Waals surface area contributed by atoms with Crippen LogP contribution in [0.1, 0.15) is 57.2 Å². The van der Waals surface area contributed by atoms with E-state index in [-0.39, 0.29) is 6.04 Å². The number of amides is 1. The molecule has 34 heavy (non-hydrogen) atoms. The predicted octanol–water partition coefficient (Wildman–Crippen LogP) is 5.85. The molecule has 0 atom stereocenters. The number of rotatable bonds is 6. The first-order chi connectivity index (χ1) is 16.3. The van der Waals surface area contributed by atoms with E-state index in [4.69, 9.17) is 16.3 Å². The van der Waals surface area contributed by atoms with E-state index < -0.39 is 11.7 Å². The second kappa shape index (κ2) is 11.3. The van der Waals surface area contributed by atoms with E-state index in [1.165, 1.54) is 11.8 Å². The average Bonchev–Trinajstić information content (AvgIpc) is 2.81. The van der Waals surface area contributed by atoms with Crippen LogP contribution < -0.4 is 10.2 Å². The number of nitriles is 1. The summed E-state index contributed by atoms with van der Waals surface area (Å²) in [5, 5.41) is 13.5. The van der Waals surface area contributed by atoms with E-state index >= 15 is 0 Å². The zero-order valence-electron chi connectivity index (χ0n) is 20.2. The summed E-state index contributed by atoms with van der Waals surface area (Å²) < 4.78 is 5.37. The maximum absolute atomic E-state index is 12.1. The van der Waals surface area contributed by atoms with Crippen molar-refractivity contribution < 1.29 is 9.53 Å². The fourth-order valence-electron chi connectivity index (χ4n) is 3.93. The topological polar surface area (TPSA) is 82.6 Å². The Bertz CT molecular complexity index is 1090. The summed E-state index contributed by atoms with van der Waals surface area (Å²) in [6.07, 6.45) is 1.64. The van der Waals surface area contributed by atoms with Crippen LogP contribution in [0.3, 0.4) is 0 Å². The molecule has 1 amide bonds. The number of benzene rings is 1. The number of ether oxygens (including phenoxy) is 1. The normalized spacial score (nSPS) is 14.2. The molecule has 3 rings (SSSR count). The molecule has 1 aliphatic rings. The van der Waals surface area contributed by atoms with Gasteiger partial charge < -0.3 is 15.0 Å². The Morgan fingerprint density at radius 1 is 1.32 bits per heavy atom. The maximum Gasteiger partial charge on any atom is 0.407 e. The molecule has 7 nitrogen and oxygen atoms in total. The Morgan fingerprint density at radius 3 is 2.56 bits per heavy atom. The van der Waals surface area contributed by atoms with Crippen molar-refractivity contribution in [2.24, 2.45) is 0 Å². The number of thioether (sulfide) groups is 1. The van der Waals surface area contributed by atoms with Crippen molar-refractivity contribution in [2.45, 2.75) is 69.4 Å². The zero-order chi connectivity index (χ0) is 24.7. The van der Waals surface area contributed by atoms with Crippen LogP contribution in [0.25, 0.3) is 4.85 Å². The van der Waals surface area contributed by atoms with Gasteiger partial charge in [-0.3, -0.25) is 0 Å². The van der Waals surface area contributed by atoms with Gasteiger partial charge in [-0.2, -0.15) is 5.26 Å². The van der Waals surface area contributed by atoms with Gasteiger partial charge in [-0.05, 0) is 51.2 Å². The number of hydrogen-bond acceptors (Lipinski definition) is 6. The molecule has 0 spiro atoms. The fraction of sp³-hybridized carbons (Fsp3) is 0.462. The average molecular weight is 478 g/mol. The van der Waals surface area contributed by atoms with E-state index in [1.807, 2.05) is 45.9 Å². The summed E-state index contributed by atoms with van der Waals surface area (Å²) in [4.78, 5) is 22.9. The quantitative estimate of drug-likeness (QED) is 0.415. The van der Waals surface area contributed by atoms with Crippen LogP contribution in [-0.2, 0) is 16.9 Å². The molecule has 2 heterocycles. The van der Waals surface area contributed by atoms with E-state index in [0.29, 0.717) is 47.4 Å². The zero-order valence-corrected chi connectivity index (χ0v) is 21.0. The SMILES string of the molecule is [C-]#[N+]c1c(N2CCC(NC(=O)OC(C)(C)C)CC2)nc(SCc2ccccc2)c(C#N)c1CC. The largest absolute Gasteiger partial charge is 0.444 e. The molecular weight excluding hydrogens is 446 g/mol. The monoisotopic (exact) mass is 477 g/mol. The molecule has 1 N–H and O–H groups in total. The van der Waals surface area contributed by atoms with Gasteiger partial charge in [0.25, 0.3) is 0 Å². The van der Waals surface area contributed by atoms with Crippen molar-refractivity contribution in [3.63, 3.8) is 0 Å². The summed E-state index contributed by atoms with van der Waals surface area (Å²) in [6.45, 7) is 16.6. The Kier molecular flexibility index (Phi) is 8.41. The molecular formula is C26H31N5O2S. The molecule has 178 valence electrons. The highest BCUT2D eigenvalue weighted by atomic mass is 32.2. The number of alkyl carbamates (subject to hydrolysis) is 1. The minimum atomic E-state index is -0.536. The number of carbonyl (C=O) groups excluding carboxylic acids is 1. The molecule has 0 aliphatic carbocycles. The second-order valence-electron chi connectivity index (χ2n) is 9.20. The van der Waals surface area contributed by atoms with Crippen molar-refractivity contribution in [1.29, 1.82) is 5.26 Å². The fourth-order valence-corrected chi connectivity index (χ4v) is 4.89. The van der Waals surface area contributed by atoms with Gasteiger partial charge in [0, 0.05) is 24.9 Å². The molecule has 1 fully saturated rings. The number of pyridine rings is 1. The Hall–Kier alpha value is -3.23. The number of carbonyl (C=O) groups is 1. The van der Waals surface area contributed by atoms with Gasteiger partial charge in [0.15, 0.2) is 0 Å². The van der Waals surface area contributed by atoms with Crippen LogP contribution in [0.15, 0.2) is 35.4 Å². The number of hydrogen-bond donors (Lipinski definition) is 1. The number of nitrogens with one attached hydrogen (secondary N) is 1. The molecule has 0 bridgehead atoms. The molecule has 0 radical (unpaired) electrons. The summed E-state index contributed by atoms with van der Waals surface area (Å²) in [5.74, 6) is 1.34. The van der Waals surface area contributed by atoms with Crippen LogP contribution in [0.4, 0.5) is 16.3 Å². The first-order valence-electron chi connectivity index (χ1n) is 11.5. The van der Waals surface area contributed by atoms with Gasteiger partial charge >= 0.3 is 6.09 Å². The van der Waals surface area contributed by atoms with E-state index in [0.717, 1.165) is 24.0 Å². The standard InChI is InChI=1S/C26H31N5O2S/c1-6-20-21(16-27)24(34-17-18-10-8-7-9-11-18)30-23(22(20)28-5)31-14-12-19(13-15-31)29-25(32)33-26(2,3)4/h7-11,19H,6,12-15,17H2,1-4H3,(H,29,32). The molecule has 8 heteroatoms. The molecule has 0 saturated carbocycles. The van der Waals surface area contributed by atoms with Crippen molar-refractivity contribution in [3.8, 4) is 6.07 Å². The first-order valence-corrected chi connectivity index (χ1v) is 12.5. The Balaban J connectivity index is 1.80. The minimum Gasteiger partial charge on any atom is -0.444 e. The van der Waals surface area contributed by atoms with Crippen molar-refractivity contribution in [2.75, 3.05) is 18.0 Å². The van der Waals surface area contributed by atoms with Gasteiger partial charge in [0.05, 0.1) is 12.1 Å². The van der Waals surface area contributed by atoms with Crippen LogP contribution in [0.5, 0.6) is 0 Å². The highest BCUT2D eigenvalue weighted by Crippen LogP contribution is 2.39. The van der Waals surface area contributed by atoms with Gasteiger partial charge in [-0.1, -0.05) is 37.3 Å². The van der Waals surface area contributed by atoms with Crippen LogP contribution in [0, 0.1) is 17.9 Å².